The molecule has 7 heteroatoms. The zero-order chi connectivity index (χ0) is 14.8. The molecule has 0 unspecified atom stereocenters. The molecule has 7 nitrogen and oxygen atoms in total. The Balaban J connectivity index is 1.63. The number of amides is 1. The van der Waals surface area contributed by atoms with E-state index in [1.165, 1.54) is 0 Å². The molecule has 0 atom stereocenters. The lowest BCUT2D eigenvalue weighted by Crippen LogP contribution is -2.29. The Morgan fingerprint density at radius 2 is 2.14 bits per heavy atom. The van der Waals surface area contributed by atoms with E-state index in [1.807, 2.05) is 4.90 Å². The van der Waals surface area contributed by atoms with Gasteiger partial charge in [-0.1, -0.05) is 0 Å². The summed E-state index contributed by atoms with van der Waals surface area (Å²) < 4.78 is 4.93. The highest BCUT2D eigenvalue weighted by Crippen LogP contribution is 2.24. The largest absolute Gasteiger partial charge is 0.417 e. The fourth-order valence-electron chi connectivity index (χ4n) is 2.59. The minimum Gasteiger partial charge on any atom is -0.408 e. The zero-order valence-electron chi connectivity index (χ0n) is 11.6. The number of aromatic nitrogens is 1. The first kappa shape index (κ1) is 13.5. The second-order valence-electron chi connectivity index (χ2n) is 5.21. The van der Waals surface area contributed by atoms with Gasteiger partial charge in [-0.25, -0.2) is 4.79 Å². The Bertz CT molecular complexity index is 713. The number of fused-ring (bicyclic) bond motifs is 1. The quantitative estimate of drug-likeness (QED) is 0.732. The molecular weight excluding hydrogens is 272 g/mol. The van der Waals surface area contributed by atoms with Crippen molar-refractivity contribution in [3.05, 3.63) is 22.7 Å². The SMILES string of the molecule is Nc1cc2oc(=O)[nH]c2cc1NCCC(=O)N1CCCC1. The average molecular weight is 290 g/mol. The molecule has 0 radical (unpaired) electrons. The monoisotopic (exact) mass is 290 g/mol. The summed E-state index contributed by atoms with van der Waals surface area (Å²) in [6.07, 6.45) is 2.62. The van der Waals surface area contributed by atoms with Crippen molar-refractivity contribution in [3.8, 4) is 0 Å². The van der Waals surface area contributed by atoms with Crippen molar-refractivity contribution >= 4 is 28.4 Å². The molecule has 1 aromatic heterocycles. The molecule has 4 N–H and O–H groups in total. The topological polar surface area (TPSA) is 104 Å². The van der Waals surface area contributed by atoms with Gasteiger partial charge in [0.2, 0.25) is 5.91 Å². The van der Waals surface area contributed by atoms with Crippen molar-refractivity contribution in [3.63, 3.8) is 0 Å². The second-order valence-corrected chi connectivity index (χ2v) is 5.21. The van der Waals surface area contributed by atoms with E-state index in [-0.39, 0.29) is 5.91 Å². The van der Waals surface area contributed by atoms with E-state index < -0.39 is 5.76 Å². The van der Waals surface area contributed by atoms with E-state index in [0.717, 1.165) is 25.9 Å². The summed E-state index contributed by atoms with van der Waals surface area (Å²) in [6, 6.07) is 3.31. The van der Waals surface area contributed by atoms with Crippen LogP contribution < -0.4 is 16.8 Å². The first-order valence-electron chi connectivity index (χ1n) is 7.07. The van der Waals surface area contributed by atoms with Crippen LogP contribution in [-0.2, 0) is 4.79 Å². The van der Waals surface area contributed by atoms with E-state index >= 15 is 0 Å². The smallest absolute Gasteiger partial charge is 0.408 e. The van der Waals surface area contributed by atoms with Gasteiger partial charge in [0.05, 0.1) is 16.9 Å². The summed E-state index contributed by atoms with van der Waals surface area (Å²) >= 11 is 0. The predicted octanol–water partition coefficient (Wildman–Crippen LogP) is 1.13. The first-order valence-corrected chi connectivity index (χ1v) is 7.07. The van der Waals surface area contributed by atoms with Crippen molar-refractivity contribution < 1.29 is 9.21 Å². The van der Waals surface area contributed by atoms with Gasteiger partial charge in [-0.15, -0.1) is 0 Å². The minimum atomic E-state index is -0.509. The summed E-state index contributed by atoms with van der Waals surface area (Å²) in [5.74, 6) is -0.345. The zero-order valence-corrected chi connectivity index (χ0v) is 11.6. The van der Waals surface area contributed by atoms with Crippen LogP contribution in [0.1, 0.15) is 19.3 Å². The van der Waals surface area contributed by atoms with Gasteiger partial charge >= 0.3 is 5.76 Å². The van der Waals surface area contributed by atoms with E-state index in [4.69, 9.17) is 10.2 Å². The minimum absolute atomic E-state index is 0.163. The molecule has 1 aromatic carbocycles. The fraction of sp³-hybridized carbons (Fsp3) is 0.429. The maximum atomic E-state index is 11.9. The number of likely N-dealkylation sites (tertiary alicyclic amines) is 1. The molecule has 0 saturated carbocycles. The third kappa shape index (κ3) is 2.86. The highest BCUT2D eigenvalue weighted by atomic mass is 16.4. The van der Waals surface area contributed by atoms with Crippen molar-refractivity contribution in [1.29, 1.82) is 0 Å². The molecule has 21 heavy (non-hydrogen) atoms. The third-order valence-corrected chi connectivity index (χ3v) is 3.70. The molecule has 2 heterocycles. The Morgan fingerprint density at radius 1 is 1.38 bits per heavy atom. The molecule has 1 saturated heterocycles. The van der Waals surface area contributed by atoms with Gasteiger partial charge in [0.1, 0.15) is 0 Å². The van der Waals surface area contributed by atoms with Gasteiger partial charge in [-0.3, -0.25) is 9.78 Å². The van der Waals surface area contributed by atoms with Crippen molar-refractivity contribution in [2.45, 2.75) is 19.3 Å². The molecule has 0 aliphatic carbocycles. The number of rotatable bonds is 4. The number of benzene rings is 1. The van der Waals surface area contributed by atoms with Crippen LogP contribution in [0.4, 0.5) is 11.4 Å². The standard InChI is InChI=1S/C14H18N4O3/c15-9-7-12-11(17-14(20)21-12)8-10(9)16-4-3-13(19)18-5-1-2-6-18/h7-8,16H,1-6,15H2,(H,17,20). The Labute approximate surface area is 121 Å². The predicted molar refractivity (Wildman–Crippen MR) is 80.2 cm³/mol. The van der Waals surface area contributed by atoms with Crippen LogP contribution in [0.25, 0.3) is 11.1 Å². The molecule has 2 aromatic rings. The van der Waals surface area contributed by atoms with E-state index in [2.05, 4.69) is 10.3 Å². The fourth-order valence-corrected chi connectivity index (χ4v) is 2.59. The summed E-state index contributed by atoms with van der Waals surface area (Å²) in [5, 5.41) is 3.13. The van der Waals surface area contributed by atoms with Crippen LogP contribution in [0.5, 0.6) is 0 Å². The van der Waals surface area contributed by atoms with E-state index in [9.17, 15) is 9.59 Å². The van der Waals surface area contributed by atoms with Crippen LogP contribution in [-0.4, -0.2) is 35.4 Å². The number of aromatic amines is 1. The molecule has 1 fully saturated rings. The molecule has 1 aliphatic heterocycles. The van der Waals surface area contributed by atoms with Crippen molar-refractivity contribution in [1.82, 2.24) is 9.88 Å². The summed E-state index contributed by atoms with van der Waals surface area (Å²) in [6.45, 7) is 2.24. The van der Waals surface area contributed by atoms with Gasteiger partial charge in [0.15, 0.2) is 5.58 Å². The number of nitrogen functional groups attached to an aromatic ring is 1. The molecule has 0 bridgehead atoms. The molecule has 1 amide bonds. The first-order chi connectivity index (χ1) is 10.1. The molecule has 1 aliphatic rings. The van der Waals surface area contributed by atoms with Crippen molar-refractivity contribution in [2.75, 3.05) is 30.7 Å². The highest BCUT2D eigenvalue weighted by Gasteiger charge is 2.17. The number of anilines is 2. The van der Waals surface area contributed by atoms with Gasteiger partial charge < -0.3 is 20.4 Å². The summed E-state index contributed by atoms with van der Waals surface area (Å²) in [7, 11) is 0. The number of oxazole rings is 1. The number of H-pyrrole nitrogens is 1. The number of hydrogen-bond acceptors (Lipinski definition) is 5. The Kier molecular flexibility index (Phi) is 3.55. The summed E-state index contributed by atoms with van der Waals surface area (Å²) in [4.78, 5) is 27.5. The number of nitrogens with two attached hydrogens (primary N) is 1. The maximum absolute atomic E-state index is 11.9. The molecule has 112 valence electrons. The molecule has 0 spiro atoms. The van der Waals surface area contributed by atoms with E-state index in [1.54, 1.807) is 12.1 Å². The maximum Gasteiger partial charge on any atom is 0.417 e. The molecule has 3 rings (SSSR count). The van der Waals surface area contributed by atoms with Crippen LogP contribution in [0.3, 0.4) is 0 Å². The van der Waals surface area contributed by atoms with Crippen molar-refractivity contribution in [2.24, 2.45) is 0 Å². The van der Waals surface area contributed by atoms with Crippen LogP contribution in [0.2, 0.25) is 0 Å². The number of hydrogen-bond donors (Lipinski definition) is 3. The highest BCUT2D eigenvalue weighted by molar-refractivity contribution is 5.85. The normalized spacial score (nSPS) is 14.8. The van der Waals surface area contributed by atoms with E-state index in [0.29, 0.717) is 35.4 Å². The van der Waals surface area contributed by atoms with Crippen LogP contribution in [0, 0.1) is 0 Å². The number of carbonyl (C=O) groups is 1. The number of carbonyl (C=O) groups excluding carboxylic acids is 1. The number of nitrogens with one attached hydrogen (secondary N) is 2. The lowest BCUT2D eigenvalue weighted by molar-refractivity contribution is -0.129. The van der Waals surface area contributed by atoms with Crippen LogP contribution in [0.15, 0.2) is 21.3 Å². The van der Waals surface area contributed by atoms with Gasteiger partial charge in [-0.2, -0.15) is 0 Å². The Morgan fingerprint density at radius 3 is 2.90 bits per heavy atom. The number of nitrogens with zero attached hydrogens (tertiary/aromatic N) is 1. The Hall–Kier alpha value is -2.44. The lowest BCUT2D eigenvalue weighted by Gasteiger charge is -2.15. The average Bonchev–Trinajstić information content (AvgIpc) is 3.07. The summed E-state index contributed by atoms with van der Waals surface area (Å²) in [5.41, 5.74) is 8.09. The second kappa shape index (κ2) is 5.51. The molecular formula is C14H18N4O3. The van der Waals surface area contributed by atoms with Gasteiger partial charge in [0.25, 0.3) is 0 Å². The van der Waals surface area contributed by atoms with Crippen LogP contribution >= 0.6 is 0 Å². The van der Waals surface area contributed by atoms with Gasteiger partial charge in [0, 0.05) is 32.1 Å². The third-order valence-electron chi connectivity index (χ3n) is 3.70. The van der Waals surface area contributed by atoms with Gasteiger partial charge in [-0.05, 0) is 18.9 Å². The lowest BCUT2D eigenvalue weighted by atomic mass is 10.2.